The summed E-state index contributed by atoms with van der Waals surface area (Å²) in [6, 6.07) is 0.647. The first-order chi connectivity index (χ1) is 15.8. The molecule has 0 saturated heterocycles. The van der Waals surface area contributed by atoms with Gasteiger partial charge in [0.25, 0.3) is 5.91 Å². The Balaban J connectivity index is 2.47. The maximum atomic E-state index is 13.7. The number of aromatic nitrogens is 4. The molecule has 2 aromatic heterocycles. The summed E-state index contributed by atoms with van der Waals surface area (Å²) in [6.45, 7) is 0. The highest BCUT2D eigenvalue weighted by Crippen LogP contribution is 2.43. The minimum absolute atomic E-state index is 0.258. The Hall–Kier alpha value is -2.23. The van der Waals surface area contributed by atoms with Crippen LogP contribution in [0.2, 0.25) is 10.0 Å². The molecule has 0 fully saturated rings. The molecule has 19 heteroatoms. The molecule has 0 aliphatic carbocycles. The van der Waals surface area contributed by atoms with Gasteiger partial charge in [-0.2, -0.15) is 39.5 Å². The number of anilines is 1. The summed E-state index contributed by atoms with van der Waals surface area (Å²) in [5.41, 5.74) is -5.55. The molecule has 0 bridgehead atoms. The van der Waals surface area contributed by atoms with Crippen LogP contribution in [0.15, 0.2) is 12.1 Å². The maximum absolute atomic E-state index is 13.7. The maximum Gasteiger partial charge on any atom is 0.451 e. The predicted molar refractivity (Wildman–Crippen MR) is 106 cm³/mol. The van der Waals surface area contributed by atoms with E-state index in [1.54, 1.807) is 5.32 Å². The topological polar surface area (TPSA) is 72.7 Å². The van der Waals surface area contributed by atoms with Crippen molar-refractivity contribution < 1.29 is 44.3 Å². The van der Waals surface area contributed by atoms with Crippen LogP contribution in [0.25, 0.3) is 16.7 Å². The van der Waals surface area contributed by atoms with Crippen LogP contribution in [0.5, 0.6) is 0 Å². The first-order valence-electron chi connectivity index (χ1n) is 8.43. The van der Waals surface area contributed by atoms with E-state index in [-0.39, 0.29) is 4.68 Å². The van der Waals surface area contributed by atoms with E-state index in [1.807, 2.05) is 0 Å². The molecule has 0 aliphatic heterocycles. The Kier molecular flexibility index (Phi) is 7.05. The van der Waals surface area contributed by atoms with E-state index in [1.165, 1.54) is 0 Å². The Bertz CT molecular complexity index is 1290. The molecule has 0 atom stereocenters. The molecule has 35 heavy (non-hydrogen) atoms. The molecule has 0 radical (unpaired) electrons. The van der Waals surface area contributed by atoms with Crippen LogP contribution < -0.4 is 5.32 Å². The van der Waals surface area contributed by atoms with Gasteiger partial charge in [0, 0.05) is 0 Å². The van der Waals surface area contributed by atoms with Crippen LogP contribution in [0, 0.1) is 0 Å². The van der Waals surface area contributed by atoms with Crippen LogP contribution in [0.3, 0.4) is 0 Å². The minimum atomic E-state index is -5.55. The van der Waals surface area contributed by atoms with E-state index in [0.717, 1.165) is 0 Å². The van der Waals surface area contributed by atoms with Crippen molar-refractivity contribution in [3.8, 4) is 5.69 Å². The Morgan fingerprint density at radius 2 is 1.43 bits per heavy atom. The second kappa shape index (κ2) is 9.01. The van der Waals surface area contributed by atoms with Crippen molar-refractivity contribution in [2.24, 2.45) is 0 Å². The number of nitrogens with one attached hydrogen (secondary N) is 1. The van der Waals surface area contributed by atoms with Gasteiger partial charge in [0.15, 0.2) is 16.2 Å². The number of carbonyl (C=O) groups is 1. The molecule has 0 saturated carbocycles. The lowest BCUT2D eigenvalue weighted by Crippen LogP contribution is -2.22. The van der Waals surface area contributed by atoms with E-state index in [2.05, 4.69) is 15.1 Å². The zero-order valence-electron chi connectivity index (χ0n) is 15.8. The summed E-state index contributed by atoms with van der Waals surface area (Å²) in [6.07, 6.45) is -16.0. The van der Waals surface area contributed by atoms with E-state index in [0.29, 0.717) is 12.1 Å². The molecule has 0 aliphatic rings. The van der Waals surface area contributed by atoms with Crippen molar-refractivity contribution in [3.63, 3.8) is 0 Å². The standard InChI is InChI=1S/C16H4Cl4F9N5O/c17-4-1-3(14(21,22)23)2-5(18)7(4)34-11(32-12(35)9(19)20)6-8(15(24,25)26)30-13(16(27,28)29)31-10(6)33-34/h1-2,9H,(H,32,35). The second-order valence-electron chi connectivity index (χ2n) is 6.43. The number of amides is 1. The number of hydrogen-bond acceptors (Lipinski definition) is 4. The second-order valence-corrected chi connectivity index (χ2v) is 8.34. The Morgan fingerprint density at radius 1 is 0.886 bits per heavy atom. The van der Waals surface area contributed by atoms with Crippen molar-refractivity contribution >= 4 is 69.2 Å². The van der Waals surface area contributed by atoms with Gasteiger partial charge in [0.2, 0.25) is 5.82 Å². The number of hydrogen-bond donors (Lipinski definition) is 1. The lowest BCUT2D eigenvalue weighted by Gasteiger charge is -2.15. The highest BCUT2D eigenvalue weighted by Gasteiger charge is 2.44. The fourth-order valence-corrected chi connectivity index (χ4v) is 3.46. The molecule has 6 nitrogen and oxygen atoms in total. The molecule has 3 rings (SSSR count). The van der Waals surface area contributed by atoms with E-state index in [4.69, 9.17) is 46.4 Å². The summed E-state index contributed by atoms with van der Waals surface area (Å²) in [5, 5.41) is 2.30. The molecule has 190 valence electrons. The number of nitrogens with zero attached hydrogens (tertiary/aromatic N) is 4. The summed E-state index contributed by atoms with van der Waals surface area (Å²) in [5.74, 6) is -4.69. The van der Waals surface area contributed by atoms with Gasteiger partial charge < -0.3 is 5.32 Å². The summed E-state index contributed by atoms with van der Waals surface area (Å²) >= 11 is 22.5. The van der Waals surface area contributed by atoms with Crippen molar-refractivity contribution in [2.75, 3.05) is 5.32 Å². The molecular weight excluding hydrogens is 591 g/mol. The van der Waals surface area contributed by atoms with Gasteiger partial charge in [-0.1, -0.05) is 46.4 Å². The quantitative estimate of drug-likeness (QED) is 0.264. The normalized spacial score (nSPS) is 13.1. The van der Waals surface area contributed by atoms with Gasteiger partial charge in [-0.25, -0.2) is 14.6 Å². The zero-order chi connectivity index (χ0) is 26.7. The highest BCUT2D eigenvalue weighted by atomic mass is 35.5. The molecule has 1 N–H and O–H groups in total. The fraction of sp³-hybridized carbons (Fsp3) is 0.250. The Morgan fingerprint density at radius 3 is 1.86 bits per heavy atom. The summed E-state index contributed by atoms with van der Waals surface area (Å²) in [4.78, 5) is 15.6. The third-order valence-corrected chi connectivity index (χ3v) is 5.02. The monoisotopic (exact) mass is 593 g/mol. The van der Waals surface area contributed by atoms with Gasteiger partial charge in [0.1, 0.15) is 11.5 Å². The van der Waals surface area contributed by atoms with Gasteiger partial charge in [0.05, 0.1) is 21.0 Å². The highest BCUT2D eigenvalue weighted by molar-refractivity contribution is 6.54. The molecular formula is C16H4Cl4F9N5O. The SMILES string of the molecule is O=C(Nc1c2c(C(F)(F)F)nc(C(F)(F)F)nc2nn1-c1c(Cl)cc(C(F)(F)F)cc1Cl)C(Cl)Cl. The molecule has 2 heterocycles. The lowest BCUT2D eigenvalue weighted by atomic mass is 10.2. The van der Waals surface area contributed by atoms with Crippen LogP contribution in [-0.4, -0.2) is 30.5 Å². The van der Waals surface area contributed by atoms with Crippen molar-refractivity contribution in [3.05, 3.63) is 39.3 Å². The summed E-state index contributed by atoms with van der Waals surface area (Å²) < 4.78 is 120. The fourth-order valence-electron chi connectivity index (χ4n) is 2.70. The number of rotatable bonds is 3. The third-order valence-electron chi connectivity index (χ3n) is 4.05. The van der Waals surface area contributed by atoms with Crippen LogP contribution >= 0.6 is 46.4 Å². The number of halogens is 13. The summed E-state index contributed by atoms with van der Waals surface area (Å²) in [7, 11) is 0. The first-order valence-corrected chi connectivity index (χ1v) is 10.1. The van der Waals surface area contributed by atoms with E-state index >= 15 is 0 Å². The zero-order valence-corrected chi connectivity index (χ0v) is 18.9. The molecule has 1 aromatic carbocycles. The smallest absolute Gasteiger partial charge is 0.308 e. The number of alkyl halides is 11. The largest absolute Gasteiger partial charge is 0.451 e. The lowest BCUT2D eigenvalue weighted by molar-refractivity contribution is -0.151. The van der Waals surface area contributed by atoms with Crippen LogP contribution in [0.1, 0.15) is 17.1 Å². The van der Waals surface area contributed by atoms with Crippen LogP contribution in [0.4, 0.5) is 45.3 Å². The average molecular weight is 595 g/mol. The van der Waals surface area contributed by atoms with Gasteiger partial charge >= 0.3 is 18.5 Å². The minimum Gasteiger partial charge on any atom is -0.308 e. The van der Waals surface area contributed by atoms with E-state index < -0.39 is 78.9 Å². The molecule has 0 unspecified atom stereocenters. The van der Waals surface area contributed by atoms with E-state index in [9.17, 15) is 44.3 Å². The number of benzene rings is 1. The molecule has 1 amide bonds. The predicted octanol–water partition coefficient (Wildman–Crippen LogP) is 6.92. The third kappa shape index (κ3) is 5.47. The number of carbonyl (C=O) groups excluding carboxylic acids is 1. The Labute approximate surface area is 206 Å². The van der Waals surface area contributed by atoms with Crippen LogP contribution in [-0.2, 0) is 23.3 Å². The van der Waals surface area contributed by atoms with Gasteiger partial charge in [-0.05, 0) is 12.1 Å². The molecule has 3 aromatic rings. The van der Waals surface area contributed by atoms with Crippen molar-refractivity contribution in [2.45, 2.75) is 23.4 Å². The molecule has 0 spiro atoms. The first kappa shape index (κ1) is 27.4. The van der Waals surface area contributed by atoms with Crippen molar-refractivity contribution in [1.82, 2.24) is 19.7 Å². The average Bonchev–Trinajstić information content (AvgIpc) is 3.02. The van der Waals surface area contributed by atoms with Crippen molar-refractivity contribution in [1.29, 1.82) is 0 Å². The van der Waals surface area contributed by atoms with Gasteiger partial charge in [-0.15, -0.1) is 5.10 Å². The number of fused-ring (bicyclic) bond motifs is 1. The van der Waals surface area contributed by atoms with Gasteiger partial charge in [-0.3, -0.25) is 4.79 Å².